The van der Waals surface area contributed by atoms with Gasteiger partial charge in [0.15, 0.2) is 36.3 Å². The van der Waals surface area contributed by atoms with Crippen molar-refractivity contribution in [2.24, 2.45) is 0 Å². The molecule has 9 atom stereocenters. The van der Waals surface area contributed by atoms with Crippen LogP contribution < -0.4 is 14.2 Å². The molecule has 0 radical (unpaired) electrons. The Hall–Kier alpha value is -4.89. The normalized spacial score (nSPS) is 15.5. The lowest BCUT2D eigenvalue weighted by molar-refractivity contribution is -0.169. The fraction of sp³-hybridized carbons (Fsp3) is 0.611. The smallest absolute Gasteiger partial charge is 0.191 e. The molecule has 0 aliphatic carbocycles. The zero-order valence-corrected chi connectivity index (χ0v) is 43.7. The standard InChI is InChI=1S/C54H81N3O15/c1-10-16-19-40(64-13-4)31-67-52(61)34(7)70-37-22-25-43(46(58)28-37)49-55-50(44-26-23-38(29-47(44)59)71-35(8)53(62)68-32-41(65-14-5)20-17-11-2)57-51(56-49)45-27-24-39(30-48(45)60)72-36(9)54(63)69-33-42(66-15-6)21-18-12-3/h22-30,34-36,40-42,52-54,58-63H,10-21,31-33H2,1-9H3. The Balaban J connectivity index is 1.62. The summed E-state index contributed by atoms with van der Waals surface area (Å²) in [4.78, 5) is 14.0. The number of aromatic nitrogens is 3. The second kappa shape index (κ2) is 31.6. The van der Waals surface area contributed by atoms with Crippen LogP contribution in [0.4, 0.5) is 0 Å². The van der Waals surface area contributed by atoms with Gasteiger partial charge in [-0.25, -0.2) is 15.0 Å². The van der Waals surface area contributed by atoms with E-state index in [1.54, 1.807) is 39.0 Å². The molecule has 0 saturated heterocycles. The molecule has 4 aromatic rings. The Bertz CT molecular complexity index is 1920. The maximum absolute atomic E-state index is 11.4. The van der Waals surface area contributed by atoms with Crippen LogP contribution in [0.3, 0.4) is 0 Å². The second-order valence-corrected chi connectivity index (χ2v) is 17.6. The zero-order valence-electron chi connectivity index (χ0n) is 43.7. The third-order valence-electron chi connectivity index (χ3n) is 11.6. The monoisotopic (exact) mass is 1010 g/mol. The van der Waals surface area contributed by atoms with Crippen molar-refractivity contribution in [1.29, 1.82) is 0 Å². The Labute approximate surface area is 425 Å². The molecule has 0 amide bonds. The van der Waals surface area contributed by atoms with Crippen LogP contribution >= 0.6 is 0 Å². The van der Waals surface area contributed by atoms with Crippen molar-refractivity contribution in [3.63, 3.8) is 0 Å². The first-order valence-corrected chi connectivity index (χ1v) is 25.6. The molecule has 0 fully saturated rings. The van der Waals surface area contributed by atoms with Crippen LogP contribution in [0.25, 0.3) is 34.2 Å². The fourth-order valence-electron chi connectivity index (χ4n) is 7.55. The van der Waals surface area contributed by atoms with Crippen molar-refractivity contribution in [2.75, 3.05) is 39.6 Å². The molecule has 3 aromatic carbocycles. The Morgan fingerprint density at radius 2 is 0.667 bits per heavy atom. The van der Waals surface area contributed by atoms with Gasteiger partial charge in [-0.05, 0) is 97.2 Å². The van der Waals surface area contributed by atoms with E-state index >= 15 is 0 Å². The van der Waals surface area contributed by atoms with E-state index in [-0.39, 0.29) is 107 Å². The van der Waals surface area contributed by atoms with Crippen molar-refractivity contribution in [2.45, 2.75) is 176 Å². The lowest BCUT2D eigenvalue weighted by Gasteiger charge is -2.24. The molecule has 0 aliphatic heterocycles. The van der Waals surface area contributed by atoms with Gasteiger partial charge in [-0.1, -0.05) is 59.3 Å². The molecule has 0 bridgehead atoms. The highest BCUT2D eigenvalue weighted by Crippen LogP contribution is 2.38. The summed E-state index contributed by atoms with van der Waals surface area (Å²) in [6.07, 6.45) is 1.47. The SMILES string of the molecule is CCCCC(COC(O)C(C)Oc1ccc(-c2nc(-c3ccc(OC(C)C(O)OCC(CCCC)OCC)cc3O)nc(-c3ccc(OC(C)C(O)OCC(CCCC)OCC)cc3O)n2)c(O)c1)OCC. The molecule has 0 aliphatic rings. The molecule has 0 spiro atoms. The molecule has 402 valence electrons. The lowest BCUT2D eigenvalue weighted by Crippen LogP contribution is -2.34. The van der Waals surface area contributed by atoms with Gasteiger partial charge in [-0.2, -0.15) is 0 Å². The Kier molecular flexibility index (Phi) is 26.2. The van der Waals surface area contributed by atoms with E-state index in [1.807, 2.05) is 20.8 Å². The van der Waals surface area contributed by atoms with Gasteiger partial charge < -0.3 is 73.3 Å². The number of phenolic OH excluding ortho intramolecular Hbond substituents is 3. The maximum Gasteiger partial charge on any atom is 0.191 e. The third-order valence-corrected chi connectivity index (χ3v) is 11.6. The van der Waals surface area contributed by atoms with Crippen molar-refractivity contribution >= 4 is 0 Å². The van der Waals surface area contributed by atoms with Crippen molar-refractivity contribution in [3.05, 3.63) is 54.6 Å². The average molecular weight is 1010 g/mol. The number of ether oxygens (including phenoxy) is 9. The molecule has 6 N–H and O–H groups in total. The molecule has 4 rings (SSSR count). The highest BCUT2D eigenvalue weighted by Gasteiger charge is 2.25. The van der Waals surface area contributed by atoms with E-state index < -0.39 is 37.2 Å². The minimum atomic E-state index is -1.29. The van der Waals surface area contributed by atoms with Crippen molar-refractivity contribution in [3.8, 4) is 68.7 Å². The molecule has 18 nitrogen and oxygen atoms in total. The van der Waals surface area contributed by atoms with E-state index in [9.17, 15) is 30.6 Å². The molecular formula is C54H81N3O15. The number of benzene rings is 3. The first-order chi connectivity index (χ1) is 34.6. The predicted molar refractivity (Wildman–Crippen MR) is 272 cm³/mol. The number of aromatic hydroxyl groups is 3. The topological polar surface area (TPSA) is 243 Å². The van der Waals surface area contributed by atoms with Gasteiger partial charge >= 0.3 is 0 Å². The summed E-state index contributed by atoms with van der Waals surface area (Å²) in [6, 6.07) is 13.3. The number of aliphatic hydroxyl groups is 3. The number of phenols is 3. The molecule has 72 heavy (non-hydrogen) atoms. The predicted octanol–water partition coefficient (Wildman–Crippen LogP) is 9.08. The summed E-state index contributed by atoms with van der Waals surface area (Å²) in [7, 11) is 0. The Morgan fingerprint density at radius 3 is 0.889 bits per heavy atom. The number of rotatable bonds is 36. The zero-order chi connectivity index (χ0) is 52.6. The molecule has 9 unspecified atom stereocenters. The summed E-state index contributed by atoms with van der Waals surface area (Å²) in [6.45, 7) is 19.1. The van der Waals surface area contributed by atoms with Gasteiger partial charge in [0.25, 0.3) is 0 Å². The number of hydrogen-bond donors (Lipinski definition) is 6. The van der Waals surface area contributed by atoms with Crippen molar-refractivity contribution in [1.82, 2.24) is 15.0 Å². The average Bonchev–Trinajstić information content (AvgIpc) is 3.36. The molecule has 0 saturated carbocycles. The van der Waals surface area contributed by atoms with Crippen LogP contribution in [0.2, 0.25) is 0 Å². The Morgan fingerprint density at radius 1 is 0.403 bits per heavy atom. The lowest BCUT2D eigenvalue weighted by atomic mass is 10.1. The molecule has 18 heteroatoms. The quantitative estimate of drug-likeness (QED) is 0.0233. The molecular weight excluding hydrogens is 931 g/mol. The van der Waals surface area contributed by atoms with Crippen LogP contribution in [-0.2, 0) is 28.4 Å². The molecule has 1 aromatic heterocycles. The molecule has 1 heterocycles. The first kappa shape index (κ1) is 59.7. The minimum absolute atomic E-state index is 0.0275. The van der Waals surface area contributed by atoms with Crippen LogP contribution in [0.1, 0.15) is 120 Å². The first-order valence-electron chi connectivity index (χ1n) is 25.6. The number of hydrogen-bond acceptors (Lipinski definition) is 18. The highest BCUT2D eigenvalue weighted by atomic mass is 16.7. The number of aliphatic hydroxyl groups excluding tert-OH is 3. The second-order valence-electron chi connectivity index (χ2n) is 17.6. The van der Waals surface area contributed by atoms with Gasteiger partial charge in [0.05, 0.1) is 54.8 Å². The van der Waals surface area contributed by atoms with Gasteiger partial charge in [-0.3, -0.25) is 0 Å². The maximum atomic E-state index is 11.4. The van der Waals surface area contributed by atoms with Gasteiger partial charge in [-0.15, -0.1) is 0 Å². The number of unbranched alkanes of at least 4 members (excludes halogenated alkanes) is 3. The number of nitrogens with zero attached hydrogens (tertiary/aromatic N) is 3. The fourth-order valence-corrected chi connectivity index (χ4v) is 7.55. The van der Waals surface area contributed by atoms with Gasteiger partial charge in [0.2, 0.25) is 0 Å². The van der Waals surface area contributed by atoms with E-state index in [1.165, 1.54) is 36.4 Å². The van der Waals surface area contributed by atoms with E-state index in [2.05, 4.69) is 35.7 Å². The van der Waals surface area contributed by atoms with Gasteiger partial charge in [0, 0.05) is 38.0 Å². The van der Waals surface area contributed by atoms with E-state index in [0.29, 0.717) is 19.8 Å². The van der Waals surface area contributed by atoms with E-state index in [4.69, 9.17) is 42.6 Å². The summed E-state index contributed by atoms with van der Waals surface area (Å²) in [5, 5.41) is 66.7. The van der Waals surface area contributed by atoms with Crippen molar-refractivity contribution < 1.29 is 73.3 Å². The van der Waals surface area contributed by atoms with Crippen LogP contribution in [0.15, 0.2) is 54.6 Å². The summed E-state index contributed by atoms with van der Waals surface area (Å²) in [5.41, 5.74) is 0.456. The summed E-state index contributed by atoms with van der Waals surface area (Å²) < 4.78 is 52.3. The van der Waals surface area contributed by atoms with Crippen LogP contribution in [0.5, 0.6) is 34.5 Å². The van der Waals surface area contributed by atoms with Gasteiger partial charge in [0.1, 0.15) is 52.8 Å². The van der Waals surface area contributed by atoms with Crippen LogP contribution in [0, 0.1) is 0 Å². The summed E-state index contributed by atoms with van der Waals surface area (Å²) in [5.74, 6) is -0.260. The minimum Gasteiger partial charge on any atom is -0.507 e. The van der Waals surface area contributed by atoms with Crippen LogP contribution in [-0.4, -0.2) is 141 Å². The van der Waals surface area contributed by atoms with E-state index in [0.717, 1.165) is 57.8 Å². The largest absolute Gasteiger partial charge is 0.507 e. The third kappa shape index (κ3) is 19.2. The summed E-state index contributed by atoms with van der Waals surface area (Å²) >= 11 is 0. The highest BCUT2D eigenvalue weighted by molar-refractivity contribution is 5.74.